The highest BCUT2D eigenvalue weighted by Crippen LogP contribution is 2.49. The molecule has 9 aromatic rings. The molecule has 0 fully saturated rings. The molecule has 1 atom stereocenters. The number of benzene rings is 7. The fraction of sp³-hybridized carbons (Fsp3) is 0.0417. The van der Waals surface area contributed by atoms with Crippen molar-refractivity contribution in [3.8, 4) is 50.7 Å². The number of anilines is 2. The number of nitrogens with zero attached hydrogens (tertiary/aromatic N) is 4. The van der Waals surface area contributed by atoms with Crippen LogP contribution in [0.5, 0.6) is 0 Å². The lowest BCUT2D eigenvalue weighted by molar-refractivity contribution is 0.766. The van der Waals surface area contributed by atoms with Crippen LogP contribution in [-0.4, -0.2) is 14.5 Å². The number of hydrogen-bond donors (Lipinski definition) is 0. The summed E-state index contributed by atoms with van der Waals surface area (Å²) in [5.41, 5.74) is 14.4. The van der Waals surface area contributed by atoms with Crippen molar-refractivity contribution in [2.24, 2.45) is 0 Å². The lowest BCUT2D eigenvalue weighted by Crippen LogP contribution is -2.26. The van der Waals surface area contributed by atoms with Gasteiger partial charge >= 0.3 is 0 Å². The molecule has 0 amide bonds. The molecule has 10 rings (SSSR count). The Morgan fingerprint density at radius 3 is 1.69 bits per heavy atom. The van der Waals surface area contributed by atoms with Crippen LogP contribution < -0.4 is 4.90 Å². The van der Waals surface area contributed by atoms with Crippen molar-refractivity contribution in [2.45, 2.75) is 13.0 Å². The fourth-order valence-corrected chi connectivity index (χ4v) is 8.01. The van der Waals surface area contributed by atoms with E-state index in [1.54, 1.807) is 0 Å². The average Bonchev–Trinajstić information content (AvgIpc) is 3.56. The van der Waals surface area contributed by atoms with E-state index < -0.39 is 0 Å². The van der Waals surface area contributed by atoms with Gasteiger partial charge in [-0.25, -0.2) is 9.97 Å². The predicted octanol–water partition coefficient (Wildman–Crippen LogP) is 12.5. The summed E-state index contributed by atoms with van der Waals surface area (Å²) in [6.45, 7) is 2.31. The Balaban J connectivity index is 1.27. The maximum absolute atomic E-state index is 5.29. The highest BCUT2D eigenvalue weighted by Gasteiger charge is 2.30. The van der Waals surface area contributed by atoms with Crippen molar-refractivity contribution in [3.63, 3.8) is 0 Å². The molecule has 0 saturated carbocycles. The van der Waals surface area contributed by atoms with Crippen molar-refractivity contribution in [1.82, 2.24) is 14.5 Å². The molecule has 0 saturated heterocycles. The van der Waals surface area contributed by atoms with Crippen molar-refractivity contribution < 1.29 is 0 Å². The first-order valence-corrected chi connectivity index (χ1v) is 17.8. The van der Waals surface area contributed by atoms with Crippen molar-refractivity contribution in [1.29, 1.82) is 0 Å². The van der Waals surface area contributed by atoms with Crippen LogP contribution in [0.25, 0.3) is 72.5 Å². The minimum Gasteiger partial charge on any atom is -0.334 e. The van der Waals surface area contributed by atoms with E-state index in [4.69, 9.17) is 9.97 Å². The summed E-state index contributed by atoms with van der Waals surface area (Å²) in [5, 5.41) is 2.46. The summed E-state index contributed by atoms with van der Waals surface area (Å²) in [7, 11) is 0. The number of rotatable bonds is 5. The van der Waals surface area contributed by atoms with Crippen LogP contribution >= 0.6 is 0 Å². The van der Waals surface area contributed by atoms with Gasteiger partial charge in [-0.1, -0.05) is 140 Å². The summed E-state index contributed by atoms with van der Waals surface area (Å²) in [6, 6.07) is 64.9. The molecule has 1 aliphatic heterocycles. The molecule has 4 heteroatoms. The van der Waals surface area contributed by atoms with Gasteiger partial charge in [0.25, 0.3) is 0 Å². The van der Waals surface area contributed by atoms with Crippen LogP contribution in [0.3, 0.4) is 0 Å². The van der Waals surface area contributed by atoms with Crippen LogP contribution in [0, 0.1) is 0 Å². The third-order valence-electron chi connectivity index (χ3n) is 10.4. The van der Waals surface area contributed by atoms with Crippen molar-refractivity contribution >= 4 is 33.2 Å². The second kappa shape index (κ2) is 12.2. The molecule has 3 heterocycles. The highest BCUT2D eigenvalue weighted by atomic mass is 15.2. The number of fused-ring (bicyclic) bond motifs is 6. The monoisotopic (exact) mass is 666 g/mol. The van der Waals surface area contributed by atoms with Gasteiger partial charge in [0.2, 0.25) is 0 Å². The lowest BCUT2D eigenvalue weighted by Gasteiger charge is -2.39. The van der Waals surface area contributed by atoms with Gasteiger partial charge in [-0.2, -0.15) is 0 Å². The molecule has 0 N–H and O–H groups in total. The smallest absolute Gasteiger partial charge is 0.160 e. The van der Waals surface area contributed by atoms with Gasteiger partial charge in [-0.3, -0.25) is 0 Å². The van der Waals surface area contributed by atoms with E-state index in [0.717, 1.165) is 39.5 Å². The molecular formula is C48H34N4. The Bertz CT molecular complexity index is 2650. The molecule has 246 valence electrons. The summed E-state index contributed by atoms with van der Waals surface area (Å²) < 4.78 is 2.41. The van der Waals surface area contributed by atoms with E-state index in [1.807, 2.05) is 24.3 Å². The number of aromatic nitrogens is 3. The van der Waals surface area contributed by atoms with E-state index >= 15 is 0 Å². The summed E-state index contributed by atoms with van der Waals surface area (Å²) in [5.74, 6) is 0.700. The van der Waals surface area contributed by atoms with Crippen LogP contribution in [-0.2, 0) is 0 Å². The molecule has 1 unspecified atom stereocenters. The number of hydrogen-bond acceptors (Lipinski definition) is 3. The standard InChI is InChI=1S/C48H34N4/c1-32-38-20-8-9-21-39(38)40-22-10-13-25-45(40)51(32)36-28-35(29-37(30-36)52-46-26-14-11-23-41(46)42-24-12-15-27-47(42)52)44-31-43(33-16-4-2-5-17-33)49-48(50-44)34-18-6-3-7-19-34/h2-32H,1H3. The van der Waals surface area contributed by atoms with Gasteiger partial charge in [0, 0.05) is 50.1 Å². The van der Waals surface area contributed by atoms with Crippen LogP contribution in [0.2, 0.25) is 0 Å². The normalized spacial score (nSPS) is 13.6. The van der Waals surface area contributed by atoms with Crippen LogP contribution in [0.1, 0.15) is 18.5 Å². The summed E-state index contributed by atoms with van der Waals surface area (Å²) >= 11 is 0. The Hall–Kier alpha value is -6.78. The van der Waals surface area contributed by atoms with E-state index in [1.165, 1.54) is 44.2 Å². The van der Waals surface area contributed by atoms with E-state index in [0.29, 0.717) is 5.82 Å². The quantitative estimate of drug-likeness (QED) is 0.183. The molecule has 0 bridgehead atoms. The van der Waals surface area contributed by atoms with Gasteiger partial charge in [0.1, 0.15) is 0 Å². The van der Waals surface area contributed by atoms with E-state index in [9.17, 15) is 0 Å². The third-order valence-corrected chi connectivity index (χ3v) is 10.4. The first kappa shape index (κ1) is 30.1. The zero-order valence-electron chi connectivity index (χ0n) is 28.7. The first-order valence-electron chi connectivity index (χ1n) is 17.8. The fourth-order valence-electron chi connectivity index (χ4n) is 8.01. The lowest BCUT2D eigenvalue weighted by atomic mass is 9.88. The van der Waals surface area contributed by atoms with Gasteiger partial charge in [-0.15, -0.1) is 0 Å². The third kappa shape index (κ3) is 4.91. The van der Waals surface area contributed by atoms with Gasteiger partial charge in [0.05, 0.1) is 28.5 Å². The minimum atomic E-state index is 0.0949. The molecule has 0 radical (unpaired) electrons. The molecule has 7 aromatic carbocycles. The number of para-hydroxylation sites is 3. The van der Waals surface area contributed by atoms with Crippen molar-refractivity contribution in [3.05, 3.63) is 188 Å². The molecule has 2 aromatic heterocycles. The zero-order valence-corrected chi connectivity index (χ0v) is 28.7. The molecular weight excluding hydrogens is 633 g/mol. The predicted molar refractivity (Wildman–Crippen MR) is 215 cm³/mol. The molecule has 4 nitrogen and oxygen atoms in total. The highest BCUT2D eigenvalue weighted by molar-refractivity contribution is 6.09. The molecule has 52 heavy (non-hydrogen) atoms. The SMILES string of the molecule is CC1c2ccccc2-c2ccccc2N1c1cc(-c2cc(-c3ccccc3)nc(-c3ccccc3)n2)cc(-n2c3ccccc3c3ccccc32)c1. The largest absolute Gasteiger partial charge is 0.334 e. The van der Waals surface area contributed by atoms with Gasteiger partial charge < -0.3 is 9.47 Å². The van der Waals surface area contributed by atoms with E-state index in [2.05, 4.69) is 174 Å². The Morgan fingerprint density at radius 1 is 0.442 bits per heavy atom. The Labute approximate surface area is 302 Å². The second-order valence-electron chi connectivity index (χ2n) is 13.5. The molecule has 0 spiro atoms. The van der Waals surface area contributed by atoms with Crippen LogP contribution in [0.15, 0.2) is 182 Å². The van der Waals surface area contributed by atoms with Gasteiger partial charge in [0.15, 0.2) is 5.82 Å². The zero-order chi connectivity index (χ0) is 34.6. The Kier molecular flexibility index (Phi) is 7.07. The summed E-state index contributed by atoms with van der Waals surface area (Å²) in [4.78, 5) is 12.9. The van der Waals surface area contributed by atoms with E-state index in [-0.39, 0.29) is 6.04 Å². The summed E-state index contributed by atoms with van der Waals surface area (Å²) in [6.07, 6.45) is 0. The molecule has 0 aliphatic carbocycles. The topological polar surface area (TPSA) is 34.0 Å². The molecule has 1 aliphatic rings. The maximum Gasteiger partial charge on any atom is 0.160 e. The maximum atomic E-state index is 5.29. The average molecular weight is 667 g/mol. The minimum absolute atomic E-state index is 0.0949. The van der Waals surface area contributed by atoms with Gasteiger partial charge in [-0.05, 0) is 60.5 Å². The first-order chi connectivity index (χ1) is 25.7. The Morgan fingerprint density at radius 2 is 0.981 bits per heavy atom. The van der Waals surface area contributed by atoms with Crippen LogP contribution in [0.4, 0.5) is 11.4 Å². The van der Waals surface area contributed by atoms with Crippen molar-refractivity contribution in [2.75, 3.05) is 4.90 Å². The second-order valence-corrected chi connectivity index (χ2v) is 13.5.